The number of piperazine rings is 1. The highest BCUT2D eigenvalue weighted by Gasteiger charge is 2.23. The number of rotatable bonds is 5. The van der Waals surface area contributed by atoms with Gasteiger partial charge in [0.05, 0.1) is 13.0 Å². The molecule has 3 rings (SSSR count). The van der Waals surface area contributed by atoms with Crippen molar-refractivity contribution in [2.75, 3.05) is 32.7 Å². The molecule has 0 bridgehead atoms. The van der Waals surface area contributed by atoms with Crippen molar-refractivity contribution < 1.29 is 14.0 Å². The van der Waals surface area contributed by atoms with Gasteiger partial charge in [-0.15, -0.1) is 0 Å². The number of ketones is 1. The first-order valence-electron chi connectivity index (χ1n) is 9.27. The van der Waals surface area contributed by atoms with Gasteiger partial charge in [-0.2, -0.15) is 0 Å². The normalized spacial score (nSPS) is 15.0. The summed E-state index contributed by atoms with van der Waals surface area (Å²) < 4.78 is 13.0. The topological polar surface area (TPSA) is 40.6 Å². The van der Waals surface area contributed by atoms with Gasteiger partial charge in [0.25, 0.3) is 0 Å². The molecule has 2 aromatic rings. The Morgan fingerprint density at radius 3 is 2.22 bits per heavy atom. The average Bonchev–Trinajstić information content (AvgIpc) is 2.66. The molecule has 1 amide bonds. The van der Waals surface area contributed by atoms with E-state index in [-0.39, 0.29) is 23.9 Å². The van der Waals surface area contributed by atoms with E-state index in [1.165, 1.54) is 17.7 Å². The van der Waals surface area contributed by atoms with Crippen LogP contribution < -0.4 is 0 Å². The first-order valence-corrected chi connectivity index (χ1v) is 9.27. The first-order chi connectivity index (χ1) is 12.9. The van der Waals surface area contributed by atoms with Crippen molar-refractivity contribution in [2.45, 2.75) is 20.3 Å². The van der Waals surface area contributed by atoms with Crippen LogP contribution >= 0.6 is 0 Å². The summed E-state index contributed by atoms with van der Waals surface area (Å²) in [5, 5.41) is 0. The fourth-order valence-corrected chi connectivity index (χ4v) is 3.25. The molecule has 142 valence electrons. The van der Waals surface area contributed by atoms with E-state index in [1.54, 1.807) is 12.1 Å². The molecule has 1 aliphatic rings. The lowest BCUT2D eigenvalue weighted by Crippen LogP contribution is -2.50. The van der Waals surface area contributed by atoms with Crippen LogP contribution in [0.4, 0.5) is 4.39 Å². The second-order valence-corrected chi connectivity index (χ2v) is 7.18. The third-order valence-electron chi connectivity index (χ3n) is 5.19. The van der Waals surface area contributed by atoms with Gasteiger partial charge in [-0.3, -0.25) is 14.5 Å². The van der Waals surface area contributed by atoms with Crippen molar-refractivity contribution in [1.82, 2.24) is 9.80 Å². The summed E-state index contributed by atoms with van der Waals surface area (Å²) in [5.74, 6) is -0.140. The van der Waals surface area contributed by atoms with Gasteiger partial charge in [0.15, 0.2) is 5.78 Å². The third kappa shape index (κ3) is 5.01. The Labute approximate surface area is 159 Å². The van der Waals surface area contributed by atoms with Gasteiger partial charge in [-0.1, -0.05) is 24.3 Å². The summed E-state index contributed by atoms with van der Waals surface area (Å²) in [5.41, 5.74) is 3.86. The summed E-state index contributed by atoms with van der Waals surface area (Å²) in [4.78, 5) is 28.8. The number of hydrogen-bond donors (Lipinski definition) is 0. The first kappa shape index (κ1) is 19.2. The van der Waals surface area contributed by atoms with Crippen molar-refractivity contribution in [1.29, 1.82) is 0 Å². The number of halogens is 1. The molecule has 2 aromatic carbocycles. The maximum atomic E-state index is 13.0. The molecule has 0 unspecified atom stereocenters. The van der Waals surface area contributed by atoms with Crippen LogP contribution in [0.3, 0.4) is 0 Å². The summed E-state index contributed by atoms with van der Waals surface area (Å²) in [6, 6.07) is 11.8. The Kier molecular flexibility index (Phi) is 6.01. The molecule has 1 heterocycles. The van der Waals surface area contributed by atoms with Crippen molar-refractivity contribution in [3.05, 3.63) is 70.5 Å². The summed E-state index contributed by atoms with van der Waals surface area (Å²) >= 11 is 0. The van der Waals surface area contributed by atoms with Crippen molar-refractivity contribution >= 4 is 11.7 Å². The smallest absolute Gasteiger partial charge is 0.227 e. The highest BCUT2D eigenvalue weighted by atomic mass is 19.1. The summed E-state index contributed by atoms with van der Waals surface area (Å²) in [7, 11) is 0. The SMILES string of the molecule is Cc1ccc(C(=O)CN2CCN(C(=O)Cc3ccc(F)cc3)CC2)cc1C. The van der Waals surface area contributed by atoms with E-state index in [2.05, 4.69) is 4.90 Å². The predicted molar refractivity (Wildman–Crippen MR) is 103 cm³/mol. The lowest BCUT2D eigenvalue weighted by atomic mass is 10.0. The fraction of sp³-hybridized carbons (Fsp3) is 0.364. The molecule has 27 heavy (non-hydrogen) atoms. The largest absolute Gasteiger partial charge is 0.340 e. The van der Waals surface area contributed by atoms with Crippen LogP contribution in [-0.2, 0) is 11.2 Å². The van der Waals surface area contributed by atoms with Gasteiger partial charge in [0.1, 0.15) is 5.82 Å². The van der Waals surface area contributed by atoms with Gasteiger partial charge in [-0.25, -0.2) is 4.39 Å². The minimum absolute atomic E-state index is 0.0433. The summed E-state index contributed by atoms with van der Waals surface area (Å²) in [6.07, 6.45) is 0.280. The zero-order valence-electron chi connectivity index (χ0n) is 15.9. The number of hydrogen-bond acceptors (Lipinski definition) is 3. The molecule has 0 N–H and O–H groups in total. The molecule has 1 saturated heterocycles. The molecule has 0 spiro atoms. The monoisotopic (exact) mass is 368 g/mol. The van der Waals surface area contributed by atoms with Gasteiger partial charge >= 0.3 is 0 Å². The van der Waals surface area contributed by atoms with Crippen molar-refractivity contribution in [3.8, 4) is 0 Å². The molecule has 0 aliphatic carbocycles. The van der Waals surface area contributed by atoms with E-state index in [0.717, 1.165) is 16.7 Å². The zero-order chi connectivity index (χ0) is 19.4. The molecule has 0 radical (unpaired) electrons. The highest BCUT2D eigenvalue weighted by Crippen LogP contribution is 2.12. The van der Waals surface area contributed by atoms with Gasteiger partial charge in [-0.05, 0) is 48.7 Å². The van der Waals surface area contributed by atoms with Crippen LogP contribution in [0.25, 0.3) is 0 Å². The molecule has 5 heteroatoms. The van der Waals surface area contributed by atoms with E-state index < -0.39 is 0 Å². The average molecular weight is 368 g/mol. The molecule has 0 aromatic heterocycles. The number of amides is 1. The van der Waals surface area contributed by atoms with Gasteiger partial charge < -0.3 is 4.90 Å². The van der Waals surface area contributed by atoms with Crippen LogP contribution in [0.1, 0.15) is 27.0 Å². The van der Waals surface area contributed by atoms with Crippen LogP contribution in [0.5, 0.6) is 0 Å². The maximum absolute atomic E-state index is 13.0. The number of benzene rings is 2. The second-order valence-electron chi connectivity index (χ2n) is 7.18. The summed E-state index contributed by atoms with van der Waals surface area (Å²) in [6.45, 7) is 7.02. The van der Waals surface area contributed by atoms with Gasteiger partial charge in [0, 0.05) is 31.7 Å². The number of aryl methyl sites for hydroxylation is 2. The van der Waals surface area contributed by atoms with Crippen molar-refractivity contribution in [2.24, 2.45) is 0 Å². The Morgan fingerprint density at radius 2 is 1.59 bits per heavy atom. The second kappa shape index (κ2) is 8.44. The zero-order valence-corrected chi connectivity index (χ0v) is 15.9. The van der Waals surface area contributed by atoms with E-state index in [0.29, 0.717) is 32.7 Å². The molecule has 0 saturated carbocycles. The number of Topliss-reactive ketones (excluding diaryl/α,β-unsaturated/α-hetero) is 1. The van der Waals surface area contributed by atoms with E-state index >= 15 is 0 Å². The lowest BCUT2D eigenvalue weighted by Gasteiger charge is -2.34. The molecule has 0 atom stereocenters. The third-order valence-corrected chi connectivity index (χ3v) is 5.19. The van der Waals surface area contributed by atoms with Crippen LogP contribution in [0.2, 0.25) is 0 Å². The van der Waals surface area contributed by atoms with Crippen LogP contribution in [-0.4, -0.2) is 54.2 Å². The van der Waals surface area contributed by atoms with Crippen molar-refractivity contribution in [3.63, 3.8) is 0 Å². The minimum atomic E-state index is -0.298. The standard InChI is InChI=1S/C22H25FN2O2/c1-16-3-6-19(13-17(16)2)21(26)15-24-9-11-25(12-10-24)22(27)14-18-4-7-20(23)8-5-18/h3-8,13H,9-12,14-15H2,1-2H3. The molecular weight excluding hydrogens is 343 g/mol. The molecule has 4 nitrogen and oxygen atoms in total. The van der Waals surface area contributed by atoms with Crippen LogP contribution in [0.15, 0.2) is 42.5 Å². The lowest BCUT2D eigenvalue weighted by molar-refractivity contribution is -0.132. The molecular formula is C22H25FN2O2. The maximum Gasteiger partial charge on any atom is 0.227 e. The fourth-order valence-electron chi connectivity index (χ4n) is 3.25. The Bertz CT molecular complexity index is 825. The number of carbonyl (C=O) groups is 2. The van der Waals surface area contributed by atoms with E-state index in [4.69, 9.17) is 0 Å². The van der Waals surface area contributed by atoms with Gasteiger partial charge in [0.2, 0.25) is 5.91 Å². The minimum Gasteiger partial charge on any atom is -0.340 e. The van der Waals surface area contributed by atoms with E-state index in [1.807, 2.05) is 36.9 Å². The molecule has 1 fully saturated rings. The van der Waals surface area contributed by atoms with E-state index in [9.17, 15) is 14.0 Å². The van der Waals surface area contributed by atoms with Crippen LogP contribution in [0, 0.1) is 19.7 Å². The quantitative estimate of drug-likeness (QED) is 0.762. The predicted octanol–water partition coefficient (Wildman–Crippen LogP) is 3.01. The number of nitrogens with zero attached hydrogens (tertiary/aromatic N) is 2. The Morgan fingerprint density at radius 1 is 0.926 bits per heavy atom. The Balaban J connectivity index is 1.49. The highest BCUT2D eigenvalue weighted by molar-refractivity contribution is 5.97. The Hall–Kier alpha value is -2.53. The number of carbonyl (C=O) groups excluding carboxylic acids is 2. The molecule has 1 aliphatic heterocycles.